The average Bonchev–Trinajstić information content (AvgIpc) is 3.07. The molecule has 1 aliphatic heterocycles. The van der Waals surface area contributed by atoms with E-state index in [4.69, 9.17) is 9.47 Å². The first-order chi connectivity index (χ1) is 17.2. The maximum Gasteiger partial charge on any atom is 0.408 e. The van der Waals surface area contributed by atoms with Crippen LogP contribution >= 0.6 is 0 Å². The number of ether oxygens (including phenoxy) is 2. The lowest BCUT2D eigenvalue weighted by Gasteiger charge is -2.23. The summed E-state index contributed by atoms with van der Waals surface area (Å²) in [5.41, 5.74) is -1.65. The molecule has 0 aliphatic carbocycles. The molecule has 1 aromatic rings. The zero-order chi connectivity index (χ0) is 27.9. The second-order valence-electron chi connectivity index (χ2n) is 10.3. The Kier molecular flexibility index (Phi) is 10.6. The molecule has 208 valence electrons. The van der Waals surface area contributed by atoms with Gasteiger partial charge in [0.1, 0.15) is 17.9 Å². The zero-order valence-electron chi connectivity index (χ0n) is 22.2. The molecule has 0 radical (unpaired) electrons. The second-order valence-corrected chi connectivity index (χ2v) is 10.3. The Morgan fingerprint density at radius 1 is 1.24 bits per heavy atom. The molecule has 12 nitrogen and oxygen atoms in total. The Morgan fingerprint density at radius 2 is 1.92 bits per heavy atom. The van der Waals surface area contributed by atoms with Gasteiger partial charge in [-0.25, -0.2) is 14.0 Å². The first-order valence-corrected chi connectivity index (χ1v) is 12.3. The summed E-state index contributed by atoms with van der Waals surface area (Å²) in [6.45, 7) is 10.2. The van der Waals surface area contributed by atoms with Gasteiger partial charge in [-0.15, -0.1) is 0 Å². The molecule has 5 atom stereocenters. The van der Waals surface area contributed by atoms with Gasteiger partial charge < -0.3 is 30.5 Å². The molecular weight excluding hydrogens is 489 g/mol. The summed E-state index contributed by atoms with van der Waals surface area (Å²) in [6, 6.07) is -1.11. The van der Waals surface area contributed by atoms with E-state index in [1.165, 1.54) is 6.92 Å². The van der Waals surface area contributed by atoms with Crippen molar-refractivity contribution in [2.24, 2.45) is 11.8 Å². The summed E-state index contributed by atoms with van der Waals surface area (Å²) in [5.74, 6) is -2.79. The predicted octanol–water partition coefficient (Wildman–Crippen LogP) is 1.68. The van der Waals surface area contributed by atoms with Crippen LogP contribution in [-0.4, -0.2) is 63.5 Å². The predicted molar refractivity (Wildman–Crippen MR) is 132 cm³/mol. The van der Waals surface area contributed by atoms with Crippen LogP contribution in [0.25, 0.3) is 0 Å². The van der Waals surface area contributed by atoms with Crippen molar-refractivity contribution in [3.05, 3.63) is 22.5 Å². The van der Waals surface area contributed by atoms with Crippen LogP contribution in [0.1, 0.15) is 67.0 Å². The fourth-order valence-corrected chi connectivity index (χ4v) is 3.93. The topological polar surface area (TPSA) is 161 Å². The Morgan fingerprint density at radius 3 is 2.49 bits per heavy atom. The molecule has 13 heteroatoms. The SMILES string of the molecule is CC(=O)NCCCCC(NC(=O)OC(C)(C)C)C(=O)Nc1nc(=O)n(C2OC(CO)C(C)C2C)cc1F. The van der Waals surface area contributed by atoms with Gasteiger partial charge in [0.15, 0.2) is 11.6 Å². The van der Waals surface area contributed by atoms with Gasteiger partial charge in [0.25, 0.3) is 0 Å². The number of carbonyl (C=O) groups excluding carboxylic acids is 3. The van der Waals surface area contributed by atoms with Crippen LogP contribution < -0.4 is 21.6 Å². The fourth-order valence-electron chi connectivity index (χ4n) is 3.93. The van der Waals surface area contributed by atoms with Gasteiger partial charge in [-0.05, 0) is 46.0 Å². The number of unbranched alkanes of at least 4 members (excludes halogenated alkanes) is 1. The normalized spacial score (nSPS) is 22.3. The monoisotopic (exact) mass is 527 g/mol. The third-order valence-electron chi connectivity index (χ3n) is 6.08. The standard InChI is InChI=1S/C24H38FN5O7/c1-13-14(2)21(36-18(13)12-31)30-11-16(25)19(29-22(30)34)28-20(33)17(9-7-8-10-26-15(3)32)27-23(35)37-24(4,5)6/h11,13-14,17-18,21,31H,7-10,12H2,1-6H3,(H,26,32)(H,27,35)(H,28,29,33,34). The molecule has 0 spiro atoms. The zero-order valence-corrected chi connectivity index (χ0v) is 22.2. The number of aromatic nitrogens is 2. The van der Waals surface area contributed by atoms with E-state index >= 15 is 0 Å². The van der Waals surface area contributed by atoms with Gasteiger partial charge in [0, 0.05) is 19.4 Å². The molecule has 3 amide bonds. The summed E-state index contributed by atoms with van der Waals surface area (Å²) in [5, 5.41) is 16.9. The summed E-state index contributed by atoms with van der Waals surface area (Å²) in [6.07, 6.45) is -0.101. The number of alkyl carbamates (subject to hydrolysis) is 1. The molecule has 1 fully saturated rings. The molecular formula is C24H38FN5O7. The largest absolute Gasteiger partial charge is 0.444 e. The molecule has 1 aliphatic rings. The summed E-state index contributed by atoms with van der Waals surface area (Å²) in [7, 11) is 0. The number of amides is 3. The van der Waals surface area contributed by atoms with E-state index in [-0.39, 0.29) is 30.8 Å². The van der Waals surface area contributed by atoms with E-state index in [0.29, 0.717) is 19.4 Å². The lowest BCUT2D eigenvalue weighted by molar-refractivity contribution is -0.119. The van der Waals surface area contributed by atoms with E-state index in [9.17, 15) is 28.7 Å². The molecule has 2 rings (SSSR count). The first kappa shape index (κ1) is 30.2. The van der Waals surface area contributed by atoms with Crippen LogP contribution in [-0.2, 0) is 19.1 Å². The van der Waals surface area contributed by atoms with Crippen molar-refractivity contribution < 1.29 is 33.4 Å². The van der Waals surface area contributed by atoms with E-state index in [1.54, 1.807) is 20.8 Å². The average molecular weight is 528 g/mol. The van der Waals surface area contributed by atoms with Crippen LogP contribution in [0.3, 0.4) is 0 Å². The molecule has 4 N–H and O–H groups in total. The van der Waals surface area contributed by atoms with Crippen molar-refractivity contribution in [1.29, 1.82) is 0 Å². The maximum absolute atomic E-state index is 14.9. The fraction of sp³-hybridized carbons (Fsp3) is 0.708. The molecule has 2 heterocycles. The van der Waals surface area contributed by atoms with Crippen LogP contribution in [0.15, 0.2) is 11.0 Å². The van der Waals surface area contributed by atoms with Crippen LogP contribution in [0.5, 0.6) is 0 Å². The summed E-state index contributed by atoms with van der Waals surface area (Å²) in [4.78, 5) is 52.6. The highest BCUT2D eigenvalue weighted by Crippen LogP contribution is 2.38. The number of halogens is 1. The highest BCUT2D eigenvalue weighted by atomic mass is 19.1. The minimum absolute atomic E-state index is 0.0744. The molecule has 0 aromatic carbocycles. The Bertz CT molecular complexity index is 1030. The third-order valence-corrected chi connectivity index (χ3v) is 6.08. The van der Waals surface area contributed by atoms with E-state index in [1.807, 2.05) is 13.8 Å². The number of aliphatic hydroxyl groups is 1. The summed E-state index contributed by atoms with van der Waals surface area (Å²) < 4.78 is 26.9. The molecule has 0 bridgehead atoms. The maximum atomic E-state index is 14.9. The smallest absolute Gasteiger partial charge is 0.408 e. The van der Waals surface area contributed by atoms with Gasteiger partial charge >= 0.3 is 11.8 Å². The lowest BCUT2D eigenvalue weighted by Crippen LogP contribution is -2.46. The molecule has 5 unspecified atom stereocenters. The van der Waals surface area contributed by atoms with E-state index < -0.39 is 53.3 Å². The van der Waals surface area contributed by atoms with Gasteiger partial charge in [0.05, 0.1) is 18.9 Å². The Labute approximate surface area is 215 Å². The number of aliphatic hydroxyl groups excluding tert-OH is 1. The van der Waals surface area contributed by atoms with Gasteiger partial charge in [0.2, 0.25) is 11.8 Å². The molecule has 37 heavy (non-hydrogen) atoms. The van der Waals surface area contributed by atoms with E-state index in [2.05, 4.69) is 20.9 Å². The number of hydrogen-bond acceptors (Lipinski definition) is 8. The highest BCUT2D eigenvalue weighted by Gasteiger charge is 2.40. The minimum Gasteiger partial charge on any atom is -0.444 e. The van der Waals surface area contributed by atoms with Crippen molar-refractivity contribution in [2.75, 3.05) is 18.5 Å². The van der Waals surface area contributed by atoms with Crippen molar-refractivity contribution >= 4 is 23.7 Å². The van der Waals surface area contributed by atoms with Crippen LogP contribution in [0.4, 0.5) is 15.0 Å². The number of carbonyl (C=O) groups is 3. The number of hydrogen-bond donors (Lipinski definition) is 4. The van der Waals surface area contributed by atoms with Gasteiger partial charge in [-0.1, -0.05) is 13.8 Å². The number of nitrogens with zero attached hydrogens (tertiary/aromatic N) is 2. The molecule has 1 saturated heterocycles. The quantitative estimate of drug-likeness (QED) is 0.334. The van der Waals surface area contributed by atoms with Crippen molar-refractivity contribution in [2.45, 2.75) is 84.8 Å². The minimum atomic E-state index is -1.11. The number of nitrogens with one attached hydrogen (secondary N) is 3. The second kappa shape index (κ2) is 13.0. The van der Waals surface area contributed by atoms with Gasteiger partial charge in [-0.2, -0.15) is 4.98 Å². The third kappa shape index (κ3) is 8.78. The van der Waals surface area contributed by atoms with Crippen molar-refractivity contribution in [1.82, 2.24) is 20.2 Å². The first-order valence-electron chi connectivity index (χ1n) is 12.3. The Balaban J connectivity index is 2.16. The van der Waals surface area contributed by atoms with Crippen molar-refractivity contribution in [3.8, 4) is 0 Å². The lowest BCUT2D eigenvalue weighted by atomic mass is 9.93. The van der Waals surface area contributed by atoms with Crippen LogP contribution in [0, 0.1) is 17.7 Å². The van der Waals surface area contributed by atoms with Crippen LogP contribution in [0.2, 0.25) is 0 Å². The Hall–Kier alpha value is -3.06. The number of rotatable bonds is 10. The number of anilines is 1. The van der Waals surface area contributed by atoms with Gasteiger partial charge in [-0.3, -0.25) is 14.2 Å². The molecule has 0 saturated carbocycles. The summed E-state index contributed by atoms with van der Waals surface area (Å²) >= 11 is 0. The highest BCUT2D eigenvalue weighted by molar-refractivity contribution is 5.95. The molecule has 1 aromatic heterocycles. The van der Waals surface area contributed by atoms with E-state index in [0.717, 1.165) is 10.8 Å². The van der Waals surface area contributed by atoms with Crippen molar-refractivity contribution in [3.63, 3.8) is 0 Å².